The van der Waals surface area contributed by atoms with Crippen LogP contribution in [0, 0.1) is 5.92 Å². The Morgan fingerprint density at radius 2 is 2.25 bits per heavy atom. The van der Waals surface area contributed by atoms with E-state index < -0.39 is 0 Å². The van der Waals surface area contributed by atoms with Crippen LogP contribution in [0.4, 0.5) is 5.82 Å². The van der Waals surface area contributed by atoms with Gasteiger partial charge in [-0.2, -0.15) is 0 Å². The maximum Gasteiger partial charge on any atom is 0.128 e. The first-order valence-electron chi connectivity index (χ1n) is 5.78. The van der Waals surface area contributed by atoms with Crippen LogP contribution in [0.15, 0.2) is 18.3 Å². The molecule has 3 N–H and O–H groups in total. The summed E-state index contributed by atoms with van der Waals surface area (Å²) in [6, 6.07) is 4.28. The second kappa shape index (κ2) is 5.27. The molecule has 88 valence electrons. The van der Waals surface area contributed by atoms with Crippen molar-refractivity contribution in [1.29, 1.82) is 0 Å². The molecule has 0 aliphatic carbocycles. The van der Waals surface area contributed by atoms with Gasteiger partial charge in [0.15, 0.2) is 0 Å². The van der Waals surface area contributed by atoms with Crippen molar-refractivity contribution in [3.63, 3.8) is 0 Å². The fraction of sp³-hybridized carbons (Fsp3) is 0.583. The Morgan fingerprint density at radius 1 is 1.50 bits per heavy atom. The van der Waals surface area contributed by atoms with Crippen LogP contribution in [-0.4, -0.2) is 25.2 Å². The van der Waals surface area contributed by atoms with Crippen molar-refractivity contribution in [2.24, 2.45) is 5.92 Å². The van der Waals surface area contributed by atoms with E-state index in [2.05, 4.69) is 16.4 Å². The molecule has 0 radical (unpaired) electrons. The molecule has 1 fully saturated rings. The van der Waals surface area contributed by atoms with Gasteiger partial charge >= 0.3 is 0 Å². The molecule has 4 heteroatoms. The van der Waals surface area contributed by atoms with Gasteiger partial charge < -0.3 is 15.8 Å². The molecule has 1 aliphatic heterocycles. The maximum absolute atomic E-state index is 5.92. The predicted molar refractivity (Wildman–Crippen MR) is 64.0 cm³/mol. The van der Waals surface area contributed by atoms with Gasteiger partial charge in [0.25, 0.3) is 0 Å². The number of nitrogen functional groups attached to an aromatic ring is 1. The average Bonchev–Trinajstić information content (AvgIpc) is 2.34. The standard InChI is InChI=1S/C12H19N3O/c1-14-11(9-4-7-16-8-5-9)10-3-2-6-15-12(10)13/h2-3,6,9,11,14H,4-5,7-8H2,1H3,(H2,13,15). The Bertz CT molecular complexity index is 337. The van der Waals surface area contributed by atoms with E-state index in [0.29, 0.717) is 11.7 Å². The summed E-state index contributed by atoms with van der Waals surface area (Å²) in [7, 11) is 1.98. The quantitative estimate of drug-likeness (QED) is 0.809. The van der Waals surface area contributed by atoms with Crippen molar-refractivity contribution in [3.05, 3.63) is 23.9 Å². The third-order valence-corrected chi connectivity index (χ3v) is 3.25. The molecular formula is C12H19N3O. The monoisotopic (exact) mass is 221 g/mol. The largest absolute Gasteiger partial charge is 0.383 e. The predicted octanol–water partition coefficient (Wildman–Crippen LogP) is 1.35. The Labute approximate surface area is 96.2 Å². The average molecular weight is 221 g/mol. The summed E-state index contributed by atoms with van der Waals surface area (Å²) in [4.78, 5) is 4.15. The fourth-order valence-electron chi connectivity index (χ4n) is 2.39. The van der Waals surface area contributed by atoms with Crippen molar-refractivity contribution in [3.8, 4) is 0 Å². The minimum atomic E-state index is 0.289. The van der Waals surface area contributed by atoms with Crippen LogP contribution in [0.25, 0.3) is 0 Å². The first-order chi connectivity index (χ1) is 7.83. The third kappa shape index (κ3) is 2.33. The number of nitrogens with two attached hydrogens (primary N) is 1. The number of hydrogen-bond donors (Lipinski definition) is 2. The molecule has 1 aliphatic rings. The molecule has 0 spiro atoms. The van der Waals surface area contributed by atoms with Crippen LogP contribution < -0.4 is 11.1 Å². The zero-order chi connectivity index (χ0) is 11.4. The molecule has 4 nitrogen and oxygen atoms in total. The van der Waals surface area contributed by atoms with E-state index in [4.69, 9.17) is 10.5 Å². The molecule has 0 saturated carbocycles. The lowest BCUT2D eigenvalue weighted by atomic mass is 9.87. The van der Waals surface area contributed by atoms with Gasteiger partial charge in [0.2, 0.25) is 0 Å². The number of pyridine rings is 1. The third-order valence-electron chi connectivity index (χ3n) is 3.25. The molecule has 16 heavy (non-hydrogen) atoms. The molecular weight excluding hydrogens is 202 g/mol. The van der Waals surface area contributed by atoms with Gasteiger partial charge in [-0.15, -0.1) is 0 Å². The molecule has 0 bridgehead atoms. The maximum atomic E-state index is 5.92. The lowest BCUT2D eigenvalue weighted by Crippen LogP contribution is -2.30. The van der Waals surface area contributed by atoms with Gasteiger partial charge in [0.1, 0.15) is 5.82 Å². The lowest BCUT2D eigenvalue weighted by Gasteiger charge is -2.30. The van der Waals surface area contributed by atoms with Crippen LogP contribution in [0.1, 0.15) is 24.4 Å². The summed E-state index contributed by atoms with van der Waals surface area (Å²) < 4.78 is 5.39. The molecule has 1 aromatic rings. The summed E-state index contributed by atoms with van der Waals surface area (Å²) in [5.41, 5.74) is 7.03. The Hall–Kier alpha value is -1.13. The highest BCUT2D eigenvalue weighted by atomic mass is 16.5. The van der Waals surface area contributed by atoms with Gasteiger partial charge in [-0.1, -0.05) is 6.07 Å². The zero-order valence-corrected chi connectivity index (χ0v) is 9.65. The molecule has 1 aromatic heterocycles. The van der Waals surface area contributed by atoms with Crippen LogP contribution in [0.2, 0.25) is 0 Å². The number of nitrogens with one attached hydrogen (secondary N) is 1. The van der Waals surface area contributed by atoms with E-state index in [0.717, 1.165) is 31.6 Å². The van der Waals surface area contributed by atoms with Crippen LogP contribution in [0.5, 0.6) is 0 Å². The van der Waals surface area contributed by atoms with Crippen LogP contribution >= 0.6 is 0 Å². The van der Waals surface area contributed by atoms with E-state index in [1.54, 1.807) is 6.20 Å². The SMILES string of the molecule is CNC(c1cccnc1N)C1CCOCC1. The number of hydrogen-bond acceptors (Lipinski definition) is 4. The van der Waals surface area contributed by atoms with Crippen LogP contribution in [-0.2, 0) is 4.74 Å². The number of anilines is 1. The minimum absolute atomic E-state index is 0.289. The topological polar surface area (TPSA) is 60.2 Å². The molecule has 0 amide bonds. The number of ether oxygens (including phenoxy) is 1. The zero-order valence-electron chi connectivity index (χ0n) is 9.65. The summed E-state index contributed by atoms with van der Waals surface area (Å²) in [6.07, 6.45) is 3.90. The molecule has 1 saturated heterocycles. The molecule has 1 atom stereocenters. The van der Waals surface area contributed by atoms with E-state index in [9.17, 15) is 0 Å². The van der Waals surface area contributed by atoms with Gasteiger partial charge in [-0.05, 0) is 31.9 Å². The molecule has 2 heterocycles. The number of rotatable bonds is 3. The Morgan fingerprint density at radius 3 is 2.88 bits per heavy atom. The lowest BCUT2D eigenvalue weighted by molar-refractivity contribution is 0.0546. The number of aromatic nitrogens is 1. The van der Waals surface area contributed by atoms with E-state index in [1.165, 1.54) is 0 Å². The summed E-state index contributed by atoms with van der Waals surface area (Å²) >= 11 is 0. The summed E-state index contributed by atoms with van der Waals surface area (Å²) in [5, 5.41) is 3.35. The minimum Gasteiger partial charge on any atom is -0.383 e. The van der Waals surface area contributed by atoms with Crippen molar-refractivity contribution < 1.29 is 4.74 Å². The number of nitrogens with zero attached hydrogens (tertiary/aromatic N) is 1. The van der Waals surface area contributed by atoms with E-state index in [-0.39, 0.29) is 6.04 Å². The second-order valence-electron chi connectivity index (χ2n) is 4.19. The Kier molecular flexibility index (Phi) is 3.74. The van der Waals surface area contributed by atoms with E-state index in [1.807, 2.05) is 13.1 Å². The molecule has 2 rings (SSSR count). The van der Waals surface area contributed by atoms with E-state index >= 15 is 0 Å². The highest BCUT2D eigenvalue weighted by Crippen LogP contribution is 2.31. The van der Waals surface area contributed by atoms with Gasteiger partial charge in [-0.25, -0.2) is 4.98 Å². The molecule has 0 aromatic carbocycles. The smallest absolute Gasteiger partial charge is 0.128 e. The highest BCUT2D eigenvalue weighted by Gasteiger charge is 2.25. The first-order valence-corrected chi connectivity index (χ1v) is 5.78. The van der Waals surface area contributed by atoms with Gasteiger partial charge in [0.05, 0.1) is 0 Å². The first kappa shape index (κ1) is 11.4. The van der Waals surface area contributed by atoms with Crippen molar-refractivity contribution in [2.75, 3.05) is 26.0 Å². The van der Waals surface area contributed by atoms with Crippen molar-refractivity contribution >= 4 is 5.82 Å². The van der Waals surface area contributed by atoms with Gasteiger partial charge in [-0.3, -0.25) is 0 Å². The normalized spacial score (nSPS) is 19.6. The fourth-order valence-corrected chi connectivity index (χ4v) is 2.39. The second-order valence-corrected chi connectivity index (χ2v) is 4.19. The highest BCUT2D eigenvalue weighted by molar-refractivity contribution is 5.41. The van der Waals surface area contributed by atoms with Gasteiger partial charge in [0, 0.05) is 31.0 Å². The summed E-state index contributed by atoms with van der Waals surface area (Å²) in [6.45, 7) is 1.70. The Balaban J connectivity index is 2.18. The van der Waals surface area contributed by atoms with Crippen molar-refractivity contribution in [1.82, 2.24) is 10.3 Å². The van der Waals surface area contributed by atoms with Crippen molar-refractivity contribution in [2.45, 2.75) is 18.9 Å². The van der Waals surface area contributed by atoms with Crippen LogP contribution in [0.3, 0.4) is 0 Å². The molecule has 1 unspecified atom stereocenters. The summed E-state index contributed by atoms with van der Waals surface area (Å²) in [5.74, 6) is 1.22.